The summed E-state index contributed by atoms with van der Waals surface area (Å²) >= 11 is 0. The number of hydrogen-bond acceptors (Lipinski definition) is 3. The Morgan fingerprint density at radius 3 is 2.72 bits per heavy atom. The van der Waals surface area contributed by atoms with E-state index in [1.807, 2.05) is 0 Å². The third-order valence-corrected chi connectivity index (χ3v) is 5.87. The molecule has 0 saturated carbocycles. The van der Waals surface area contributed by atoms with Crippen molar-refractivity contribution < 1.29 is 9.18 Å². The van der Waals surface area contributed by atoms with Gasteiger partial charge in [-0.15, -0.1) is 0 Å². The van der Waals surface area contributed by atoms with Crippen LogP contribution in [-0.4, -0.2) is 45.5 Å². The summed E-state index contributed by atoms with van der Waals surface area (Å²) in [6, 6.07) is 5.41. The molecule has 1 N–H and O–H groups in total. The number of carbonyl (C=O) groups excluding carboxylic acids is 1. The van der Waals surface area contributed by atoms with Gasteiger partial charge < -0.3 is 9.88 Å². The second-order valence-electron chi connectivity index (χ2n) is 7.13. The van der Waals surface area contributed by atoms with Crippen LogP contribution in [0.25, 0.3) is 11.3 Å². The highest BCUT2D eigenvalue weighted by molar-refractivity contribution is 5.94. The molecule has 0 radical (unpaired) electrons. The van der Waals surface area contributed by atoms with Gasteiger partial charge in [0.2, 0.25) is 0 Å². The molecule has 0 aliphatic carbocycles. The van der Waals surface area contributed by atoms with Crippen LogP contribution in [0.15, 0.2) is 30.6 Å². The maximum Gasteiger partial charge on any atom is 0.268 e. The van der Waals surface area contributed by atoms with Crippen molar-refractivity contribution >= 4 is 5.91 Å². The lowest BCUT2D eigenvalue weighted by molar-refractivity contribution is 0.0215. The predicted octanol–water partition coefficient (Wildman–Crippen LogP) is 2.44. The number of piperidine rings is 3. The Morgan fingerprint density at radius 2 is 2.04 bits per heavy atom. The summed E-state index contributed by atoms with van der Waals surface area (Å²) in [6.45, 7) is 4.46. The molecule has 1 amide bonds. The number of amides is 1. The van der Waals surface area contributed by atoms with E-state index in [0.29, 0.717) is 28.9 Å². The third kappa shape index (κ3) is 2.74. The second kappa shape index (κ2) is 6.26. The van der Waals surface area contributed by atoms with Gasteiger partial charge in [0, 0.05) is 31.5 Å². The van der Waals surface area contributed by atoms with Crippen molar-refractivity contribution in [1.29, 1.82) is 0 Å². The molecule has 6 heteroatoms. The summed E-state index contributed by atoms with van der Waals surface area (Å²) in [4.78, 5) is 19.3. The molecule has 132 valence electrons. The van der Waals surface area contributed by atoms with Crippen LogP contribution in [0.1, 0.15) is 30.3 Å². The minimum Gasteiger partial charge on any atom is -0.346 e. The molecule has 0 unspecified atom stereocenters. The van der Waals surface area contributed by atoms with Crippen molar-refractivity contribution in [1.82, 2.24) is 19.8 Å². The van der Waals surface area contributed by atoms with Crippen molar-refractivity contribution in [3.8, 4) is 11.3 Å². The Balaban J connectivity index is 1.57. The number of fused-ring (bicyclic) bond motifs is 3. The van der Waals surface area contributed by atoms with Crippen molar-refractivity contribution in [2.75, 3.05) is 13.1 Å². The first-order valence-electron chi connectivity index (χ1n) is 8.87. The van der Waals surface area contributed by atoms with Crippen LogP contribution in [-0.2, 0) is 7.05 Å². The Hall–Kier alpha value is -2.21. The number of halogens is 1. The van der Waals surface area contributed by atoms with Crippen LogP contribution in [0.2, 0.25) is 0 Å². The highest BCUT2D eigenvalue weighted by atomic mass is 19.1. The number of rotatable bonds is 3. The monoisotopic (exact) mass is 342 g/mol. The zero-order valence-electron chi connectivity index (χ0n) is 14.6. The van der Waals surface area contributed by atoms with Gasteiger partial charge in [-0.05, 0) is 57.0 Å². The number of pyridine rings is 1. The van der Waals surface area contributed by atoms with Gasteiger partial charge >= 0.3 is 0 Å². The summed E-state index contributed by atoms with van der Waals surface area (Å²) in [5.41, 5.74) is 1.60. The van der Waals surface area contributed by atoms with E-state index < -0.39 is 0 Å². The second-order valence-corrected chi connectivity index (χ2v) is 7.13. The summed E-state index contributed by atoms with van der Waals surface area (Å²) in [7, 11) is 1.79. The molecule has 0 spiro atoms. The van der Waals surface area contributed by atoms with Crippen molar-refractivity contribution in [2.24, 2.45) is 13.0 Å². The van der Waals surface area contributed by atoms with E-state index in [-0.39, 0.29) is 17.8 Å². The van der Waals surface area contributed by atoms with Crippen molar-refractivity contribution in [3.05, 3.63) is 42.1 Å². The molecule has 5 rings (SSSR count). The van der Waals surface area contributed by atoms with E-state index in [9.17, 15) is 9.18 Å². The Kier molecular flexibility index (Phi) is 4.07. The molecule has 5 heterocycles. The number of hydrogen-bond donors (Lipinski definition) is 1. The number of aromatic nitrogens is 2. The number of nitrogens with one attached hydrogen (secondary N) is 1. The smallest absolute Gasteiger partial charge is 0.268 e. The molecular weight excluding hydrogens is 319 g/mol. The largest absolute Gasteiger partial charge is 0.346 e. The van der Waals surface area contributed by atoms with Gasteiger partial charge in [0.1, 0.15) is 11.5 Å². The van der Waals surface area contributed by atoms with Gasteiger partial charge in [0.15, 0.2) is 0 Å². The van der Waals surface area contributed by atoms with E-state index >= 15 is 0 Å². The average molecular weight is 342 g/mol. The van der Waals surface area contributed by atoms with E-state index in [4.69, 9.17) is 0 Å². The highest BCUT2D eigenvalue weighted by Crippen LogP contribution is 2.32. The SMILES string of the molecule is C[C@@H]1[C@H](NC(=O)c2ccc(-c3cnccc3F)n2C)C2CCN1CC2. The lowest BCUT2D eigenvalue weighted by Crippen LogP contribution is -2.62. The van der Waals surface area contributed by atoms with Crippen LogP contribution < -0.4 is 5.32 Å². The van der Waals surface area contributed by atoms with E-state index in [2.05, 4.69) is 22.1 Å². The topological polar surface area (TPSA) is 50.2 Å². The average Bonchev–Trinajstić information content (AvgIpc) is 3.00. The fourth-order valence-corrected chi connectivity index (χ4v) is 4.35. The van der Waals surface area contributed by atoms with Gasteiger partial charge in [0.05, 0.1) is 11.3 Å². The molecule has 2 aromatic heterocycles. The zero-order chi connectivity index (χ0) is 17.6. The van der Waals surface area contributed by atoms with Gasteiger partial charge in [-0.25, -0.2) is 4.39 Å². The molecule has 5 nitrogen and oxygen atoms in total. The molecule has 3 aliphatic heterocycles. The molecule has 3 aliphatic rings. The van der Waals surface area contributed by atoms with E-state index in [0.717, 1.165) is 25.9 Å². The first kappa shape index (κ1) is 16.3. The lowest BCUT2D eigenvalue weighted by atomic mass is 9.79. The quantitative estimate of drug-likeness (QED) is 0.932. The normalized spacial score (nSPS) is 28.1. The highest BCUT2D eigenvalue weighted by Gasteiger charge is 2.40. The zero-order valence-corrected chi connectivity index (χ0v) is 14.6. The summed E-state index contributed by atoms with van der Waals surface area (Å²) in [6.07, 6.45) is 5.20. The summed E-state index contributed by atoms with van der Waals surface area (Å²) in [5, 5.41) is 3.23. The Labute approximate surface area is 146 Å². The van der Waals surface area contributed by atoms with Crippen LogP contribution in [0.5, 0.6) is 0 Å². The maximum atomic E-state index is 14.0. The predicted molar refractivity (Wildman–Crippen MR) is 93.6 cm³/mol. The van der Waals surface area contributed by atoms with Crippen LogP contribution in [0.4, 0.5) is 4.39 Å². The standard InChI is InChI=1S/C19H23FN4O/c1-12-18(13-6-9-24(12)10-7-13)22-19(25)17-4-3-16(23(17)2)14-11-21-8-5-15(14)20/h3-5,8,11-13,18H,6-7,9-10H2,1-2H3,(H,22,25)/t12-,18+/m1/s1. The molecule has 25 heavy (non-hydrogen) atoms. The van der Waals surface area contributed by atoms with Gasteiger partial charge in [-0.2, -0.15) is 0 Å². The number of carbonyl (C=O) groups is 1. The lowest BCUT2D eigenvalue weighted by Gasteiger charge is -2.49. The fraction of sp³-hybridized carbons (Fsp3) is 0.474. The van der Waals surface area contributed by atoms with E-state index in [1.165, 1.54) is 18.5 Å². The van der Waals surface area contributed by atoms with E-state index in [1.54, 1.807) is 23.7 Å². The van der Waals surface area contributed by atoms with Gasteiger partial charge in [-0.1, -0.05) is 0 Å². The van der Waals surface area contributed by atoms with Crippen LogP contribution >= 0.6 is 0 Å². The molecular formula is C19H23FN4O. The molecule has 2 aromatic rings. The van der Waals surface area contributed by atoms with Gasteiger partial charge in [-0.3, -0.25) is 14.7 Å². The minimum atomic E-state index is -0.339. The summed E-state index contributed by atoms with van der Waals surface area (Å²) in [5.74, 6) is 0.122. The van der Waals surface area contributed by atoms with Crippen LogP contribution in [0.3, 0.4) is 0 Å². The fourth-order valence-electron chi connectivity index (χ4n) is 4.35. The third-order valence-electron chi connectivity index (χ3n) is 5.87. The van der Waals surface area contributed by atoms with Crippen molar-refractivity contribution in [3.63, 3.8) is 0 Å². The first-order chi connectivity index (χ1) is 12.1. The Bertz CT molecular complexity index is 792. The Morgan fingerprint density at radius 1 is 1.28 bits per heavy atom. The van der Waals surface area contributed by atoms with Gasteiger partial charge in [0.25, 0.3) is 5.91 Å². The molecule has 2 bridgehead atoms. The first-order valence-corrected chi connectivity index (χ1v) is 8.87. The number of nitrogens with zero attached hydrogens (tertiary/aromatic N) is 3. The van der Waals surface area contributed by atoms with Crippen LogP contribution in [0, 0.1) is 11.7 Å². The minimum absolute atomic E-state index is 0.0938. The van der Waals surface area contributed by atoms with Crippen molar-refractivity contribution in [2.45, 2.75) is 31.8 Å². The molecule has 3 saturated heterocycles. The molecule has 3 fully saturated rings. The molecule has 2 atom stereocenters. The summed E-state index contributed by atoms with van der Waals surface area (Å²) < 4.78 is 15.8. The maximum absolute atomic E-state index is 14.0. The molecule has 0 aromatic carbocycles.